The highest BCUT2D eigenvalue weighted by atomic mass is 35.5. The topological polar surface area (TPSA) is 26.0 Å². The summed E-state index contributed by atoms with van der Waals surface area (Å²) in [6, 6.07) is 3.47. The molecule has 0 saturated heterocycles. The van der Waals surface area contributed by atoms with E-state index in [2.05, 4.69) is 0 Å². The van der Waals surface area contributed by atoms with Crippen LogP contribution in [-0.4, -0.2) is 0 Å². The van der Waals surface area contributed by atoms with Crippen LogP contribution in [0.5, 0.6) is 0 Å². The van der Waals surface area contributed by atoms with Crippen molar-refractivity contribution in [1.82, 2.24) is 0 Å². The largest absolute Gasteiger partial charge is 0.321 e. The summed E-state index contributed by atoms with van der Waals surface area (Å²) in [6.07, 6.45) is 4.13. The smallest absolute Gasteiger partial charge is 0.145 e. The molecule has 0 bridgehead atoms. The number of benzene rings is 1. The van der Waals surface area contributed by atoms with Crippen molar-refractivity contribution in [3.05, 3.63) is 34.1 Å². The van der Waals surface area contributed by atoms with Gasteiger partial charge in [0.25, 0.3) is 0 Å². The highest BCUT2D eigenvalue weighted by Gasteiger charge is 2.33. The first-order valence-corrected chi connectivity index (χ1v) is 5.66. The molecular formula is C12H15ClFN. The summed E-state index contributed by atoms with van der Waals surface area (Å²) in [5.74, 6) is -0.328. The van der Waals surface area contributed by atoms with E-state index in [4.69, 9.17) is 17.3 Å². The molecule has 1 fully saturated rings. The minimum Gasteiger partial charge on any atom is -0.321 e. The molecule has 1 aliphatic carbocycles. The summed E-state index contributed by atoms with van der Waals surface area (Å²) in [7, 11) is 0. The molecule has 1 aromatic carbocycles. The van der Waals surface area contributed by atoms with Crippen LogP contribution in [0.25, 0.3) is 0 Å². The maximum Gasteiger partial charge on any atom is 0.145 e. The molecule has 1 saturated carbocycles. The van der Waals surface area contributed by atoms with Gasteiger partial charge in [0.05, 0.1) is 5.02 Å². The summed E-state index contributed by atoms with van der Waals surface area (Å²) in [4.78, 5) is 0. The van der Waals surface area contributed by atoms with Crippen molar-refractivity contribution in [3.63, 3.8) is 0 Å². The lowest BCUT2D eigenvalue weighted by Crippen LogP contribution is -2.34. The van der Waals surface area contributed by atoms with Crippen molar-refractivity contribution < 1.29 is 4.39 Å². The van der Waals surface area contributed by atoms with Crippen molar-refractivity contribution in [1.29, 1.82) is 0 Å². The molecule has 0 aliphatic heterocycles. The van der Waals surface area contributed by atoms with E-state index >= 15 is 0 Å². The van der Waals surface area contributed by atoms with Gasteiger partial charge in [0, 0.05) is 5.54 Å². The van der Waals surface area contributed by atoms with Gasteiger partial charge in [-0.1, -0.05) is 30.5 Å². The second-order valence-electron chi connectivity index (χ2n) is 4.40. The maximum atomic E-state index is 13.6. The van der Waals surface area contributed by atoms with E-state index in [0.29, 0.717) is 5.56 Å². The van der Waals surface area contributed by atoms with Crippen molar-refractivity contribution in [2.45, 2.75) is 38.1 Å². The molecule has 0 atom stereocenters. The number of nitrogens with two attached hydrogens (primary N) is 1. The minimum atomic E-state index is -0.338. The maximum absolute atomic E-state index is 13.6. The van der Waals surface area contributed by atoms with Gasteiger partial charge in [-0.05, 0) is 37.0 Å². The van der Waals surface area contributed by atoms with Gasteiger partial charge in [0.15, 0.2) is 0 Å². The van der Waals surface area contributed by atoms with Crippen LogP contribution in [0.3, 0.4) is 0 Å². The van der Waals surface area contributed by atoms with Gasteiger partial charge in [-0.25, -0.2) is 4.39 Å². The molecule has 0 unspecified atom stereocenters. The third kappa shape index (κ3) is 1.77. The molecule has 0 heterocycles. The Balaban J connectivity index is 2.49. The number of hydrogen-bond donors (Lipinski definition) is 1. The molecular weight excluding hydrogens is 213 g/mol. The Morgan fingerprint density at radius 2 is 1.93 bits per heavy atom. The highest BCUT2D eigenvalue weighted by molar-refractivity contribution is 6.30. The van der Waals surface area contributed by atoms with E-state index in [9.17, 15) is 4.39 Å². The fourth-order valence-electron chi connectivity index (χ4n) is 2.47. The zero-order chi connectivity index (χ0) is 11.1. The number of hydrogen-bond acceptors (Lipinski definition) is 1. The van der Waals surface area contributed by atoms with Crippen LogP contribution in [-0.2, 0) is 5.54 Å². The molecule has 2 N–H and O–H groups in total. The van der Waals surface area contributed by atoms with Crippen LogP contribution in [0.1, 0.15) is 36.8 Å². The lowest BCUT2D eigenvalue weighted by molar-refractivity contribution is 0.454. The monoisotopic (exact) mass is 227 g/mol. The Kier molecular flexibility index (Phi) is 2.73. The van der Waals surface area contributed by atoms with Gasteiger partial charge in [-0.15, -0.1) is 0 Å². The van der Waals surface area contributed by atoms with E-state index in [1.165, 1.54) is 0 Å². The molecule has 2 rings (SSSR count). The standard InChI is InChI=1S/C12H15ClFN/c1-8-9(4-5-10(13)11(8)14)12(15)6-2-3-7-12/h4-5H,2-3,6-7,15H2,1H3. The van der Waals surface area contributed by atoms with Crippen LogP contribution in [0.15, 0.2) is 12.1 Å². The van der Waals surface area contributed by atoms with Gasteiger partial charge in [-0.2, -0.15) is 0 Å². The molecule has 1 aliphatic rings. The van der Waals surface area contributed by atoms with Crippen LogP contribution in [0.4, 0.5) is 4.39 Å². The van der Waals surface area contributed by atoms with Crippen molar-refractivity contribution in [2.24, 2.45) is 5.73 Å². The fraction of sp³-hybridized carbons (Fsp3) is 0.500. The second kappa shape index (κ2) is 3.76. The normalized spacial score (nSPS) is 19.5. The molecule has 82 valence electrons. The Morgan fingerprint density at radius 3 is 2.53 bits per heavy atom. The SMILES string of the molecule is Cc1c(C2(N)CCCC2)ccc(Cl)c1F. The zero-order valence-corrected chi connectivity index (χ0v) is 9.57. The van der Waals surface area contributed by atoms with E-state index in [1.54, 1.807) is 13.0 Å². The highest BCUT2D eigenvalue weighted by Crippen LogP contribution is 2.39. The van der Waals surface area contributed by atoms with Crippen LogP contribution in [0.2, 0.25) is 5.02 Å². The van der Waals surface area contributed by atoms with Crippen LogP contribution in [0, 0.1) is 12.7 Å². The summed E-state index contributed by atoms with van der Waals surface area (Å²) >= 11 is 5.72. The Morgan fingerprint density at radius 1 is 1.33 bits per heavy atom. The van der Waals surface area contributed by atoms with Gasteiger partial charge < -0.3 is 5.73 Å². The van der Waals surface area contributed by atoms with E-state index in [-0.39, 0.29) is 16.4 Å². The van der Waals surface area contributed by atoms with Gasteiger partial charge >= 0.3 is 0 Å². The van der Waals surface area contributed by atoms with E-state index < -0.39 is 0 Å². The lowest BCUT2D eigenvalue weighted by atomic mass is 9.86. The van der Waals surface area contributed by atoms with Crippen LogP contribution >= 0.6 is 11.6 Å². The first-order chi connectivity index (χ1) is 7.04. The Bertz CT molecular complexity index is 383. The third-order valence-corrected chi connectivity index (χ3v) is 3.66. The summed E-state index contributed by atoms with van der Waals surface area (Å²) in [5, 5.41) is 0.179. The number of rotatable bonds is 1. The van der Waals surface area contributed by atoms with Crippen molar-refractivity contribution in [3.8, 4) is 0 Å². The molecule has 0 spiro atoms. The predicted molar refractivity (Wildman–Crippen MR) is 60.5 cm³/mol. The second-order valence-corrected chi connectivity index (χ2v) is 4.80. The number of halogens is 2. The summed E-state index contributed by atoms with van der Waals surface area (Å²) in [5.41, 5.74) is 7.47. The Hall–Kier alpha value is -0.600. The van der Waals surface area contributed by atoms with Gasteiger partial charge in [0.2, 0.25) is 0 Å². The first kappa shape index (κ1) is 10.9. The molecule has 15 heavy (non-hydrogen) atoms. The molecule has 0 radical (unpaired) electrons. The summed E-state index contributed by atoms with van der Waals surface area (Å²) < 4.78 is 13.6. The van der Waals surface area contributed by atoms with Gasteiger partial charge in [-0.3, -0.25) is 0 Å². The average molecular weight is 228 g/mol. The van der Waals surface area contributed by atoms with Crippen molar-refractivity contribution >= 4 is 11.6 Å². The van der Waals surface area contributed by atoms with Gasteiger partial charge in [0.1, 0.15) is 5.82 Å². The summed E-state index contributed by atoms with van der Waals surface area (Å²) in [6.45, 7) is 1.75. The lowest BCUT2D eigenvalue weighted by Gasteiger charge is -2.26. The molecule has 3 heteroatoms. The molecule has 1 nitrogen and oxygen atoms in total. The zero-order valence-electron chi connectivity index (χ0n) is 8.82. The average Bonchev–Trinajstić information content (AvgIpc) is 2.62. The Labute approximate surface area is 94.4 Å². The first-order valence-electron chi connectivity index (χ1n) is 5.28. The van der Waals surface area contributed by atoms with Crippen LogP contribution < -0.4 is 5.73 Å². The van der Waals surface area contributed by atoms with E-state index in [1.807, 2.05) is 6.07 Å². The van der Waals surface area contributed by atoms with Crippen molar-refractivity contribution in [2.75, 3.05) is 0 Å². The predicted octanol–water partition coefficient (Wildman–Crippen LogP) is 3.52. The molecule has 0 aromatic heterocycles. The third-order valence-electron chi connectivity index (χ3n) is 3.37. The molecule has 0 amide bonds. The molecule has 1 aromatic rings. The fourth-order valence-corrected chi connectivity index (χ4v) is 2.67. The minimum absolute atomic E-state index is 0.179. The quantitative estimate of drug-likeness (QED) is 0.781. The van der Waals surface area contributed by atoms with E-state index in [0.717, 1.165) is 31.2 Å².